The van der Waals surface area contributed by atoms with Gasteiger partial charge in [0.15, 0.2) is 0 Å². The van der Waals surface area contributed by atoms with Crippen LogP contribution < -0.4 is 0 Å². The Bertz CT molecular complexity index is 469. The van der Waals surface area contributed by atoms with E-state index in [0.717, 1.165) is 12.1 Å². The van der Waals surface area contributed by atoms with Gasteiger partial charge in [0.1, 0.15) is 0 Å². The second-order valence-electron chi connectivity index (χ2n) is 4.09. The van der Waals surface area contributed by atoms with Crippen LogP contribution >= 0.6 is 0 Å². The molecule has 2 rings (SSSR count). The lowest BCUT2D eigenvalue weighted by molar-refractivity contribution is 0.913. The Balaban J connectivity index is 2.06. The van der Waals surface area contributed by atoms with Gasteiger partial charge in [0, 0.05) is 6.20 Å². The highest BCUT2D eigenvalue weighted by atomic mass is 14.7. The van der Waals surface area contributed by atoms with Crippen LogP contribution in [0.1, 0.15) is 30.2 Å². The van der Waals surface area contributed by atoms with Gasteiger partial charge < -0.3 is 0 Å². The summed E-state index contributed by atoms with van der Waals surface area (Å²) in [6.45, 7) is 2.18. The van der Waals surface area contributed by atoms with Crippen LogP contribution in [0.2, 0.25) is 0 Å². The molecular formula is C16H17N. The summed E-state index contributed by atoms with van der Waals surface area (Å²) in [5.74, 6) is 0. The molecular weight excluding hydrogens is 206 g/mol. The highest BCUT2D eigenvalue weighted by Gasteiger charge is 1.92. The first-order chi connectivity index (χ1) is 8.38. The van der Waals surface area contributed by atoms with Crippen molar-refractivity contribution in [2.24, 2.45) is 0 Å². The fraction of sp³-hybridized carbons (Fsp3) is 0.188. The Kier molecular flexibility index (Phi) is 4.09. The Morgan fingerprint density at radius 2 is 1.82 bits per heavy atom. The van der Waals surface area contributed by atoms with Crippen LogP contribution in [0.15, 0.2) is 48.7 Å². The van der Waals surface area contributed by atoms with Gasteiger partial charge in [-0.3, -0.25) is 4.98 Å². The smallest absolute Gasteiger partial charge is 0.0630 e. The van der Waals surface area contributed by atoms with Crippen molar-refractivity contribution < 1.29 is 0 Å². The summed E-state index contributed by atoms with van der Waals surface area (Å²) in [5, 5.41) is 0. The van der Waals surface area contributed by atoms with Crippen molar-refractivity contribution in [1.82, 2.24) is 4.98 Å². The summed E-state index contributed by atoms with van der Waals surface area (Å²) in [4.78, 5) is 4.43. The molecule has 86 valence electrons. The van der Waals surface area contributed by atoms with Crippen LogP contribution in [-0.2, 0) is 6.42 Å². The van der Waals surface area contributed by atoms with Crippen LogP contribution in [0.25, 0.3) is 12.2 Å². The SMILES string of the molecule is CCCc1ccc(C=Cc2ccccc2)nc1. The molecule has 0 aliphatic rings. The lowest BCUT2D eigenvalue weighted by Gasteiger charge is -1.98. The number of aromatic nitrogens is 1. The van der Waals surface area contributed by atoms with E-state index in [1.807, 2.05) is 30.5 Å². The summed E-state index contributed by atoms with van der Waals surface area (Å²) in [6, 6.07) is 14.5. The molecule has 1 heteroatoms. The molecule has 0 fully saturated rings. The van der Waals surface area contributed by atoms with E-state index >= 15 is 0 Å². The van der Waals surface area contributed by atoms with Gasteiger partial charge in [-0.15, -0.1) is 0 Å². The molecule has 0 bridgehead atoms. The maximum Gasteiger partial charge on any atom is 0.0630 e. The zero-order valence-electron chi connectivity index (χ0n) is 10.1. The molecule has 0 spiro atoms. The molecule has 2 aromatic rings. The molecule has 0 N–H and O–H groups in total. The third-order valence-corrected chi connectivity index (χ3v) is 2.63. The Labute approximate surface area is 103 Å². The molecule has 0 aliphatic heterocycles. The van der Waals surface area contributed by atoms with Crippen molar-refractivity contribution in [3.63, 3.8) is 0 Å². The molecule has 0 radical (unpaired) electrons. The maximum absolute atomic E-state index is 4.43. The van der Waals surface area contributed by atoms with Crippen LogP contribution in [0.4, 0.5) is 0 Å². The van der Waals surface area contributed by atoms with Crippen LogP contribution in [-0.4, -0.2) is 4.98 Å². The van der Waals surface area contributed by atoms with Gasteiger partial charge in [-0.05, 0) is 29.7 Å². The monoisotopic (exact) mass is 223 g/mol. The average Bonchev–Trinajstić information content (AvgIpc) is 2.40. The number of benzene rings is 1. The van der Waals surface area contributed by atoms with E-state index in [0.29, 0.717) is 0 Å². The fourth-order valence-corrected chi connectivity index (χ4v) is 1.72. The molecule has 0 aliphatic carbocycles. The van der Waals surface area contributed by atoms with Gasteiger partial charge in [-0.1, -0.05) is 55.8 Å². The Morgan fingerprint density at radius 3 is 2.47 bits per heavy atom. The van der Waals surface area contributed by atoms with E-state index in [-0.39, 0.29) is 0 Å². The fourth-order valence-electron chi connectivity index (χ4n) is 1.72. The number of aryl methyl sites for hydroxylation is 1. The highest BCUT2D eigenvalue weighted by molar-refractivity contribution is 5.67. The number of rotatable bonds is 4. The van der Waals surface area contributed by atoms with Gasteiger partial charge in [0.05, 0.1) is 5.69 Å². The molecule has 1 nitrogen and oxygen atoms in total. The van der Waals surface area contributed by atoms with Crippen molar-refractivity contribution in [2.45, 2.75) is 19.8 Å². The molecule has 0 atom stereocenters. The van der Waals surface area contributed by atoms with E-state index in [9.17, 15) is 0 Å². The van der Waals surface area contributed by atoms with E-state index in [2.05, 4.69) is 42.2 Å². The van der Waals surface area contributed by atoms with Crippen LogP contribution in [0.5, 0.6) is 0 Å². The van der Waals surface area contributed by atoms with Gasteiger partial charge in [-0.2, -0.15) is 0 Å². The van der Waals surface area contributed by atoms with Crippen molar-refractivity contribution in [3.05, 3.63) is 65.5 Å². The Hall–Kier alpha value is -1.89. The first-order valence-corrected chi connectivity index (χ1v) is 6.06. The lowest BCUT2D eigenvalue weighted by atomic mass is 10.1. The summed E-state index contributed by atoms with van der Waals surface area (Å²) in [5.41, 5.74) is 3.52. The van der Waals surface area contributed by atoms with E-state index < -0.39 is 0 Å². The number of nitrogens with zero attached hydrogens (tertiary/aromatic N) is 1. The zero-order chi connectivity index (χ0) is 11.9. The summed E-state index contributed by atoms with van der Waals surface area (Å²) >= 11 is 0. The summed E-state index contributed by atoms with van der Waals surface area (Å²) < 4.78 is 0. The van der Waals surface area contributed by atoms with Crippen molar-refractivity contribution >= 4 is 12.2 Å². The zero-order valence-corrected chi connectivity index (χ0v) is 10.1. The normalized spacial score (nSPS) is 10.9. The minimum atomic E-state index is 1.01. The minimum Gasteiger partial charge on any atom is -0.257 e. The standard InChI is InChI=1S/C16H17N/c1-2-6-15-10-12-16(17-13-15)11-9-14-7-4-3-5-8-14/h3-5,7-13H,2,6H2,1H3. The number of pyridine rings is 1. The third-order valence-electron chi connectivity index (χ3n) is 2.63. The predicted octanol–water partition coefficient (Wildman–Crippen LogP) is 4.20. The van der Waals surface area contributed by atoms with E-state index in [1.54, 1.807) is 0 Å². The summed E-state index contributed by atoms with van der Waals surface area (Å²) in [6.07, 6.45) is 8.37. The molecule has 0 saturated carbocycles. The van der Waals surface area contributed by atoms with Crippen molar-refractivity contribution in [2.75, 3.05) is 0 Å². The molecule has 0 unspecified atom stereocenters. The topological polar surface area (TPSA) is 12.9 Å². The van der Waals surface area contributed by atoms with Gasteiger partial charge >= 0.3 is 0 Å². The van der Waals surface area contributed by atoms with Crippen molar-refractivity contribution in [1.29, 1.82) is 0 Å². The minimum absolute atomic E-state index is 1.01. The number of hydrogen-bond donors (Lipinski definition) is 0. The highest BCUT2D eigenvalue weighted by Crippen LogP contribution is 2.08. The second-order valence-corrected chi connectivity index (χ2v) is 4.09. The predicted molar refractivity (Wildman–Crippen MR) is 73.6 cm³/mol. The van der Waals surface area contributed by atoms with Gasteiger partial charge in [0.25, 0.3) is 0 Å². The molecule has 1 heterocycles. The number of hydrogen-bond acceptors (Lipinski definition) is 1. The van der Waals surface area contributed by atoms with Crippen LogP contribution in [0, 0.1) is 0 Å². The summed E-state index contributed by atoms with van der Waals surface area (Å²) in [7, 11) is 0. The van der Waals surface area contributed by atoms with E-state index in [4.69, 9.17) is 0 Å². The van der Waals surface area contributed by atoms with Crippen LogP contribution in [0.3, 0.4) is 0 Å². The molecule has 0 amide bonds. The molecule has 17 heavy (non-hydrogen) atoms. The quantitative estimate of drug-likeness (QED) is 0.756. The van der Waals surface area contributed by atoms with Gasteiger partial charge in [-0.25, -0.2) is 0 Å². The molecule has 1 aromatic heterocycles. The Morgan fingerprint density at radius 1 is 1.00 bits per heavy atom. The largest absolute Gasteiger partial charge is 0.257 e. The molecule has 0 saturated heterocycles. The maximum atomic E-state index is 4.43. The second kappa shape index (κ2) is 6.00. The lowest BCUT2D eigenvalue weighted by Crippen LogP contribution is -1.86. The average molecular weight is 223 g/mol. The molecule has 1 aromatic carbocycles. The first-order valence-electron chi connectivity index (χ1n) is 6.06. The first kappa shape index (κ1) is 11.6. The van der Waals surface area contributed by atoms with Crippen molar-refractivity contribution in [3.8, 4) is 0 Å². The van der Waals surface area contributed by atoms with Gasteiger partial charge in [0.2, 0.25) is 0 Å². The third kappa shape index (κ3) is 3.56. The van der Waals surface area contributed by atoms with E-state index in [1.165, 1.54) is 17.5 Å².